The molecule has 5 aromatic carbocycles. The Morgan fingerprint density at radius 2 is 1.52 bits per heavy atom. The number of amides is 2. The van der Waals surface area contributed by atoms with Crippen LogP contribution in [0.2, 0.25) is 0 Å². The second-order valence-corrected chi connectivity index (χ2v) is 16.9. The number of hydrogen-bond acceptors (Lipinski definition) is 7. The Labute approximate surface area is 360 Å². The Kier molecular flexibility index (Phi) is 13.3. The highest BCUT2D eigenvalue weighted by atomic mass is 16.5. The number of allylic oxidation sites excluding steroid dienone is 2. The van der Waals surface area contributed by atoms with Crippen molar-refractivity contribution in [3.8, 4) is 28.4 Å². The number of carbonyl (C=O) groups excluding carboxylic acids is 2. The summed E-state index contributed by atoms with van der Waals surface area (Å²) in [6.07, 6.45) is 5.70. The number of benzene rings is 5. The average molecular weight is 823 g/mol. The summed E-state index contributed by atoms with van der Waals surface area (Å²) in [7, 11) is 4.78. The lowest BCUT2D eigenvalue weighted by Gasteiger charge is -2.46. The van der Waals surface area contributed by atoms with Crippen molar-refractivity contribution in [2.24, 2.45) is 5.41 Å². The fourth-order valence-electron chi connectivity index (χ4n) is 9.47. The molecule has 4 unspecified atom stereocenters. The molecule has 0 aliphatic heterocycles. The maximum absolute atomic E-state index is 15.1. The van der Waals surface area contributed by atoms with Crippen LogP contribution >= 0.6 is 0 Å². The average Bonchev–Trinajstić information content (AvgIpc) is 3.53. The van der Waals surface area contributed by atoms with Gasteiger partial charge in [-0.2, -0.15) is 0 Å². The lowest BCUT2D eigenvalue weighted by molar-refractivity contribution is -0.0773. The topological polar surface area (TPSA) is 118 Å². The second-order valence-electron chi connectivity index (χ2n) is 16.9. The summed E-state index contributed by atoms with van der Waals surface area (Å²) in [6.45, 7) is 4.40. The van der Waals surface area contributed by atoms with Crippen LogP contribution in [0.5, 0.6) is 17.2 Å². The summed E-state index contributed by atoms with van der Waals surface area (Å²) < 4.78 is 16.6. The fourth-order valence-corrected chi connectivity index (χ4v) is 9.47. The van der Waals surface area contributed by atoms with Gasteiger partial charge in [-0.1, -0.05) is 85.3 Å². The van der Waals surface area contributed by atoms with Gasteiger partial charge in [0.2, 0.25) is 0 Å². The molecule has 0 aromatic heterocycles. The Morgan fingerprint density at radius 3 is 2.26 bits per heavy atom. The van der Waals surface area contributed by atoms with Gasteiger partial charge in [-0.15, -0.1) is 0 Å². The molecule has 0 spiro atoms. The predicted molar refractivity (Wildman–Crippen MR) is 241 cm³/mol. The maximum Gasteiger partial charge on any atom is 0.322 e. The normalized spacial score (nSPS) is 21.4. The van der Waals surface area contributed by atoms with E-state index in [1.165, 1.54) is 5.57 Å². The number of anilines is 1. The van der Waals surface area contributed by atoms with Crippen molar-refractivity contribution in [1.29, 1.82) is 0 Å². The van der Waals surface area contributed by atoms with Gasteiger partial charge in [0.15, 0.2) is 5.78 Å². The zero-order valence-corrected chi connectivity index (χ0v) is 35.9. The highest BCUT2D eigenvalue weighted by molar-refractivity contribution is 6.14. The number of methoxy groups -OCH3 is 3. The van der Waals surface area contributed by atoms with E-state index in [9.17, 15) is 15.0 Å². The van der Waals surface area contributed by atoms with Crippen LogP contribution in [0.25, 0.3) is 11.1 Å². The number of hydrogen-bond donors (Lipinski definition) is 3. The third-order valence-electron chi connectivity index (χ3n) is 13.1. The van der Waals surface area contributed by atoms with E-state index < -0.39 is 17.1 Å². The van der Waals surface area contributed by atoms with Crippen LogP contribution in [0, 0.1) is 5.41 Å². The molecule has 0 saturated heterocycles. The molecule has 9 heteroatoms. The van der Waals surface area contributed by atoms with Crippen LogP contribution in [0.3, 0.4) is 0 Å². The fraction of sp³-hybridized carbons (Fsp3) is 0.346. The van der Waals surface area contributed by atoms with E-state index in [0.717, 1.165) is 34.2 Å². The van der Waals surface area contributed by atoms with Gasteiger partial charge in [-0.3, -0.25) is 4.79 Å². The molecule has 2 amide bonds. The molecule has 318 valence electrons. The molecule has 2 bridgehead atoms. The molecule has 3 N–H and O–H groups in total. The summed E-state index contributed by atoms with van der Waals surface area (Å²) in [5, 5.41) is 27.6. The molecule has 61 heavy (non-hydrogen) atoms. The first-order valence-electron chi connectivity index (χ1n) is 21.2. The van der Waals surface area contributed by atoms with E-state index >= 15 is 4.79 Å². The lowest BCUT2D eigenvalue weighted by Crippen LogP contribution is -2.54. The predicted octanol–water partition coefficient (Wildman–Crippen LogP) is 10.4. The first-order valence-corrected chi connectivity index (χ1v) is 21.2. The van der Waals surface area contributed by atoms with Gasteiger partial charge in [-0.05, 0) is 123 Å². The molecule has 4 atom stereocenters. The van der Waals surface area contributed by atoms with Crippen LogP contribution in [-0.4, -0.2) is 66.5 Å². The molecule has 5 aromatic rings. The highest BCUT2D eigenvalue weighted by Crippen LogP contribution is 2.59. The van der Waals surface area contributed by atoms with Crippen molar-refractivity contribution in [3.63, 3.8) is 0 Å². The molecule has 0 heterocycles. The zero-order chi connectivity index (χ0) is 43.1. The van der Waals surface area contributed by atoms with Gasteiger partial charge >= 0.3 is 6.03 Å². The quantitative estimate of drug-likeness (QED) is 0.0897. The number of fused-ring (bicyclic) bond motifs is 8. The van der Waals surface area contributed by atoms with Gasteiger partial charge in [0, 0.05) is 33.9 Å². The van der Waals surface area contributed by atoms with Crippen LogP contribution < -0.4 is 19.5 Å². The molecule has 9 nitrogen and oxygen atoms in total. The first-order chi connectivity index (χ1) is 29.4. The zero-order valence-electron chi connectivity index (χ0n) is 35.9. The smallest absolute Gasteiger partial charge is 0.322 e. The van der Waals surface area contributed by atoms with Crippen molar-refractivity contribution in [3.05, 3.63) is 155 Å². The summed E-state index contributed by atoms with van der Waals surface area (Å²) in [5.74, 6) is 1.52. The summed E-state index contributed by atoms with van der Waals surface area (Å²) in [5.41, 5.74) is 5.10. The van der Waals surface area contributed by atoms with Crippen LogP contribution in [0.15, 0.2) is 127 Å². The molecule has 8 rings (SSSR count). The first kappa shape index (κ1) is 43.2. The van der Waals surface area contributed by atoms with Gasteiger partial charge < -0.3 is 34.6 Å². The second kappa shape index (κ2) is 18.8. The molecular weight excluding hydrogens is 765 g/mol. The SMILES string of the molecule is COc1ccc(NC(=O)N(Cc2ccc(OC)cc2OC)CC2(O)CCC3c4ccc(cc4C(=O)c4ccccc4-c4ccccc4)CC(O)CCC(C)=CCCC32C)cc1. The highest BCUT2D eigenvalue weighted by Gasteiger charge is 2.57. The summed E-state index contributed by atoms with van der Waals surface area (Å²) in [4.78, 5) is 31.3. The summed E-state index contributed by atoms with van der Waals surface area (Å²) in [6, 6.07) is 36.0. The number of aliphatic hydroxyl groups excluding tert-OH is 1. The molecule has 1 saturated carbocycles. The number of nitrogens with zero attached hydrogens (tertiary/aromatic N) is 1. The third kappa shape index (κ3) is 9.38. The standard InChI is InChI=1S/C52H58N2O7/c1-35-12-11-28-51(2)47(44-26-18-36(30-40(55)22-17-35)31-46(44)49(56)45-16-10-9-15-43(45)37-13-7-6-8-14-37)27-29-52(51,58)34-54(33-38-19-23-42(60-4)32-48(38)61-5)50(57)53-39-20-24-41(59-3)25-21-39/h6-10,12-16,18-21,23-26,31-32,40,47,55,58H,11,17,22,27-30,33-34H2,1-5H3,(H,53,57). The number of nitrogens with one attached hydrogen (secondary N) is 1. The number of aliphatic hydroxyl groups is 2. The van der Waals surface area contributed by atoms with Crippen molar-refractivity contribution in [2.45, 2.75) is 83.0 Å². The van der Waals surface area contributed by atoms with E-state index in [0.29, 0.717) is 72.6 Å². The molecule has 3 aliphatic rings. The van der Waals surface area contributed by atoms with Gasteiger partial charge in [0.25, 0.3) is 0 Å². The van der Waals surface area contributed by atoms with E-state index in [-0.39, 0.29) is 30.8 Å². The lowest BCUT2D eigenvalue weighted by atomic mass is 9.64. The number of urea groups is 1. The van der Waals surface area contributed by atoms with Crippen molar-refractivity contribution < 1.29 is 34.0 Å². The Balaban J connectivity index is 1.32. The van der Waals surface area contributed by atoms with Gasteiger partial charge in [0.05, 0.1) is 46.1 Å². The van der Waals surface area contributed by atoms with E-state index in [1.807, 2.05) is 78.9 Å². The van der Waals surface area contributed by atoms with E-state index in [4.69, 9.17) is 14.2 Å². The van der Waals surface area contributed by atoms with Gasteiger partial charge in [-0.25, -0.2) is 4.79 Å². The minimum absolute atomic E-state index is 0.0181. The third-order valence-corrected chi connectivity index (χ3v) is 13.1. The summed E-state index contributed by atoms with van der Waals surface area (Å²) >= 11 is 0. The minimum Gasteiger partial charge on any atom is -0.497 e. The Bertz CT molecular complexity index is 2360. The molecule has 3 aliphatic carbocycles. The van der Waals surface area contributed by atoms with Crippen molar-refractivity contribution in [1.82, 2.24) is 4.90 Å². The van der Waals surface area contributed by atoms with Crippen molar-refractivity contribution in [2.75, 3.05) is 33.2 Å². The maximum atomic E-state index is 15.1. The number of ether oxygens (including phenoxy) is 3. The van der Waals surface area contributed by atoms with Crippen LogP contribution in [-0.2, 0) is 13.0 Å². The van der Waals surface area contributed by atoms with Crippen molar-refractivity contribution >= 4 is 17.5 Å². The number of rotatable bonds is 11. The monoisotopic (exact) mass is 822 g/mol. The van der Waals surface area contributed by atoms with E-state index in [2.05, 4.69) is 31.3 Å². The molecule has 1 fully saturated rings. The van der Waals surface area contributed by atoms with E-state index in [1.54, 1.807) is 56.6 Å². The molecular formula is C52H58N2O7. The Hall–Kier alpha value is -5.90. The number of carbonyl (C=O) groups is 2. The minimum atomic E-state index is -1.37. The number of ketones is 1. The molecule has 0 radical (unpaired) electrons. The Morgan fingerprint density at radius 1 is 0.803 bits per heavy atom. The van der Waals surface area contributed by atoms with Gasteiger partial charge in [0.1, 0.15) is 17.2 Å². The van der Waals surface area contributed by atoms with Crippen LogP contribution in [0.1, 0.15) is 90.9 Å². The largest absolute Gasteiger partial charge is 0.497 e. The van der Waals surface area contributed by atoms with Crippen LogP contribution in [0.4, 0.5) is 10.5 Å².